The van der Waals surface area contributed by atoms with E-state index in [1.165, 1.54) is 17.1 Å². The molecular weight excluding hydrogens is 320 g/mol. The Labute approximate surface area is 147 Å². The van der Waals surface area contributed by atoms with Crippen LogP contribution < -0.4 is 4.90 Å². The molecule has 1 amide bonds. The Bertz CT molecular complexity index is 685. The smallest absolute Gasteiger partial charge is 0.225 e. The Morgan fingerprint density at radius 1 is 1.29 bits per heavy atom. The van der Waals surface area contributed by atoms with Crippen molar-refractivity contribution in [3.63, 3.8) is 0 Å². The van der Waals surface area contributed by atoms with E-state index in [1.54, 1.807) is 0 Å². The van der Waals surface area contributed by atoms with Crippen LogP contribution in [0.3, 0.4) is 0 Å². The van der Waals surface area contributed by atoms with Gasteiger partial charge in [-0.15, -0.1) is 0 Å². The van der Waals surface area contributed by atoms with Gasteiger partial charge in [-0.25, -0.2) is 4.98 Å². The van der Waals surface area contributed by atoms with E-state index in [1.807, 2.05) is 36.9 Å². The number of carbonyl (C=O) groups excluding carboxylic acids is 1. The third kappa shape index (κ3) is 3.75. The minimum absolute atomic E-state index is 0.0537. The van der Waals surface area contributed by atoms with Gasteiger partial charge in [0, 0.05) is 49.5 Å². The molecule has 0 aliphatic carbocycles. The third-order valence-electron chi connectivity index (χ3n) is 4.34. The van der Waals surface area contributed by atoms with Crippen molar-refractivity contribution in [3.05, 3.63) is 41.7 Å². The molecule has 1 saturated heterocycles. The van der Waals surface area contributed by atoms with E-state index in [0.717, 1.165) is 37.0 Å². The number of anilines is 1. The molecule has 5 nitrogen and oxygen atoms in total. The molecule has 1 aliphatic heterocycles. The first kappa shape index (κ1) is 16.9. The Hall–Kier alpha value is -1.95. The summed E-state index contributed by atoms with van der Waals surface area (Å²) in [4.78, 5) is 21.2. The van der Waals surface area contributed by atoms with Crippen molar-refractivity contribution in [3.8, 4) is 0 Å². The van der Waals surface area contributed by atoms with E-state index in [9.17, 15) is 4.79 Å². The molecule has 0 spiro atoms. The van der Waals surface area contributed by atoms with Gasteiger partial charge in [0.05, 0.1) is 0 Å². The lowest BCUT2D eigenvalue weighted by molar-refractivity contribution is -0.136. The van der Waals surface area contributed by atoms with Gasteiger partial charge in [0.2, 0.25) is 11.0 Å². The van der Waals surface area contributed by atoms with Crippen molar-refractivity contribution >= 4 is 22.6 Å². The van der Waals surface area contributed by atoms with Crippen molar-refractivity contribution in [1.29, 1.82) is 0 Å². The maximum absolute atomic E-state index is 12.2. The molecule has 1 unspecified atom stereocenters. The Morgan fingerprint density at radius 3 is 2.71 bits per heavy atom. The second-order valence-electron chi connectivity index (χ2n) is 6.64. The number of carbonyl (C=O) groups is 1. The molecule has 0 N–H and O–H groups in total. The molecule has 2 heterocycles. The van der Waals surface area contributed by atoms with Gasteiger partial charge >= 0.3 is 0 Å². The van der Waals surface area contributed by atoms with Crippen LogP contribution in [0.25, 0.3) is 0 Å². The first-order valence-electron chi connectivity index (χ1n) is 8.46. The van der Waals surface area contributed by atoms with Crippen LogP contribution in [0.4, 0.5) is 5.13 Å². The van der Waals surface area contributed by atoms with E-state index >= 15 is 0 Å². The van der Waals surface area contributed by atoms with E-state index < -0.39 is 0 Å². The lowest BCUT2D eigenvalue weighted by atomic mass is 10.1. The monoisotopic (exact) mass is 344 g/mol. The van der Waals surface area contributed by atoms with Gasteiger partial charge < -0.3 is 9.80 Å². The summed E-state index contributed by atoms with van der Waals surface area (Å²) in [5.74, 6) is 1.16. The second kappa shape index (κ2) is 7.30. The molecule has 1 fully saturated rings. The largest absolute Gasteiger partial charge is 0.343 e. The molecule has 1 aromatic carbocycles. The molecule has 0 saturated carbocycles. The van der Waals surface area contributed by atoms with Crippen molar-refractivity contribution in [1.82, 2.24) is 14.3 Å². The zero-order valence-electron chi connectivity index (χ0n) is 14.5. The highest BCUT2D eigenvalue weighted by molar-refractivity contribution is 7.09. The quantitative estimate of drug-likeness (QED) is 0.856. The normalized spacial score (nSPS) is 18.2. The van der Waals surface area contributed by atoms with Crippen LogP contribution in [0.5, 0.6) is 0 Å². The highest BCUT2D eigenvalue weighted by Crippen LogP contribution is 2.23. The predicted octanol–water partition coefficient (Wildman–Crippen LogP) is 2.82. The number of hydrogen-bond donors (Lipinski definition) is 0. The van der Waals surface area contributed by atoms with E-state index in [-0.39, 0.29) is 17.9 Å². The average Bonchev–Trinajstić information content (AvgIpc) is 3.03. The van der Waals surface area contributed by atoms with Gasteiger partial charge in [0.15, 0.2) is 0 Å². The average molecular weight is 344 g/mol. The molecule has 1 aromatic heterocycles. The molecular formula is C18H24N4OS. The number of piperazine rings is 1. The summed E-state index contributed by atoms with van der Waals surface area (Å²) >= 11 is 1.45. The van der Waals surface area contributed by atoms with Crippen LogP contribution in [0.15, 0.2) is 30.3 Å². The van der Waals surface area contributed by atoms with Crippen LogP contribution >= 0.6 is 11.5 Å². The van der Waals surface area contributed by atoms with Crippen molar-refractivity contribution in [2.75, 3.05) is 24.5 Å². The van der Waals surface area contributed by atoms with Crippen molar-refractivity contribution < 1.29 is 4.79 Å². The number of amides is 1. The van der Waals surface area contributed by atoms with Gasteiger partial charge in [0.25, 0.3) is 0 Å². The number of aromatic nitrogens is 2. The fourth-order valence-corrected chi connectivity index (χ4v) is 3.73. The number of hydrogen-bond acceptors (Lipinski definition) is 5. The highest BCUT2D eigenvalue weighted by atomic mass is 32.1. The van der Waals surface area contributed by atoms with Gasteiger partial charge in [-0.2, -0.15) is 4.37 Å². The number of rotatable bonds is 4. The van der Waals surface area contributed by atoms with Crippen molar-refractivity contribution in [2.24, 2.45) is 5.92 Å². The molecule has 0 bridgehead atoms. The SMILES string of the molecule is CC(C)C(=O)N1CCN(c2nc(Cc3ccccc3)ns2)CC1C. The van der Waals surface area contributed by atoms with E-state index in [0.29, 0.717) is 0 Å². The maximum atomic E-state index is 12.2. The van der Waals surface area contributed by atoms with Crippen molar-refractivity contribution in [2.45, 2.75) is 33.2 Å². The highest BCUT2D eigenvalue weighted by Gasteiger charge is 2.29. The fraction of sp³-hybridized carbons (Fsp3) is 0.500. The zero-order chi connectivity index (χ0) is 17.1. The fourth-order valence-electron chi connectivity index (χ4n) is 3.01. The second-order valence-corrected chi connectivity index (χ2v) is 7.37. The van der Waals surface area contributed by atoms with E-state index in [2.05, 4.69) is 28.3 Å². The summed E-state index contributed by atoms with van der Waals surface area (Å²) < 4.78 is 4.50. The summed E-state index contributed by atoms with van der Waals surface area (Å²) in [6.45, 7) is 8.43. The molecule has 1 aliphatic rings. The van der Waals surface area contributed by atoms with Crippen LogP contribution in [0.2, 0.25) is 0 Å². The van der Waals surface area contributed by atoms with Crippen LogP contribution in [-0.2, 0) is 11.2 Å². The topological polar surface area (TPSA) is 49.3 Å². The summed E-state index contributed by atoms with van der Waals surface area (Å²) in [5.41, 5.74) is 1.22. The first-order chi connectivity index (χ1) is 11.5. The number of nitrogens with zero attached hydrogens (tertiary/aromatic N) is 4. The Kier molecular flexibility index (Phi) is 5.14. The summed E-state index contributed by atoms with van der Waals surface area (Å²) in [6.07, 6.45) is 0.763. The molecule has 2 aromatic rings. The summed E-state index contributed by atoms with van der Waals surface area (Å²) in [5, 5.41) is 0.962. The van der Waals surface area contributed by atoms with Gasteiger partial charge in [-0.1, -0.05) is 44.2 Å². The molecule has 3 rings (SSSR count). The zero-order valence-corrected chi connectivity index (χ0v) is 15.3. The van der Waals surface area contributed by atoms with Crippen LogP contribution in [0, 0.1) is 5.92 Å². The van der Waals surface area contributed by atoms with Gasteiger partial charge in [0.1, 0.15) is 5.82 Å². The Morgan fingerprint density at radius 2 is 2.04 bits per heavy atom. The standard InChI is InChI=1S/C18H24N4OS/c1-13(2)17(23)22-10-9-21(12-14(22)3)18-19-16(20-24-18)11-15-7-5-4-6-8-15/h4-8,13-14H,9-12H2,1-3H3. The van der Waals surface area contributed by atoms with E-state index in [4.69, 9.17) is 4.98 Å². The van der Waals surface area contributed by atoms with Crippen LogP contribution in [0.1, 0.15) is 32.2 Å². The predicted molar refractivity (Wildman–Crippen MR) is 97.4 cm³/mol. The number of benzene rings is 1. The van der Waals surface area contributed by atoms with Crippen LogP contribution in [-0.4, -0.2) is 45.8 Å². The molecule has 24 heavy (non-hydrogen) atoms. The van der Waals surface area contributed by atoms with Gasteiger partial charge in [-0.05, 0) is 12.5 Å². The first-order valence-corrected chi connectivity index (χ1v) is 9.24. The molecule has 128 valence electrons. The summed E-state index contributed by atoms with van der Waals surface area (Å²) in [6, 6.07) is 10.5. The molecule has 1 atom stereocenters. The lowest BCUT2D eigenvalue weighted by Crippen LogP contribution is -2.55. The lowest BCUT2D eigenvalue weighted by Gasteiger charge is -2.40. The third-order valence-corrected chi connectivity index (χ3v) is 5.15. The Balaban J connectivity index is 1.63. The molecule has 6 heteroatoms. The minimum Gasteiger partial charge on any atom is -0.343 e. The minimum atomic E-state index is 0.0537. The summed E-state index contributed by atoms with van der Waals surface area (Å²) in [7, 11) is 0. The molecule has 0 radical (unpaired) electrons. The van der Waals surface area contributed by atoms with Gasteiger partial charge in [-0.3, -0.25) is 4.79 Å². The maximum Gasteiger partial charge on any atom is 0.225 e.